The maximum Gasteiger partial charge on any atom is 0.0192 e. The molecule has 1 fully saturated rings. The molecule has 0 spiro atoms. The van der Waals surface area contributed by atoms with Gasteiger partial charge in [-0.2, -0.15) is 0 Å². The van der Waals surface area contributed by atoms with E-state index in [0.717, 1.165) is 6.42 Å². The van der Waals surface area contributed by atoms with E-state index in [1.54, 1.807) is 0 Å². The average Bonchev–Trinajstić information content (AvgIpc) is 2.07. The normalized spacial score (nSPS) is 27.3. The molecule has 1 saturated heterocycles. The van der Waals surface area contributed by atoms with Crippen LogP contribution in [0.15, 0.2) is 12.7 Å². The van der Waals surface area contributed by atoms with Crippen molar-refractivity contribution in [3.8, 4) is 0 Å². The quantitative estimate of drug-likeness (QED) is 0.584. The van der Waals surface area contributed by atoms with E-state index < -0.39 is 0 Å². The van der Waals surface area contributed by atoms with Gasteiger partial charge in [-0.1, -0.05) is 6.08 Å². The molecule has 0 saturated carbocycles. The minimum Gasteiger partial charge on any atom is -0.301 e. The number of likely N-dealkylation sites (N-methyl/N-ethyl adjacent to an activating group) is 1. The van der Waals surface area contributed by atoms with Crippen LogP contribution in [0.3, 0.4) is 0 Å². The van der Waals surface area contributed by atoms with Gasteiger partial charge in [-0.15, -0.1) is 6.58 Å². The predicted octanol–water partition coefficient (Wildman–Crippen LogP) is 1.20. The molecule has 0 aromatic carbocycles. The van der Waals surface area contributed by atoms with Crippen molar-refractivity contribution in [2.75, 3.05) is 33.2 Å². The summed E-state index contributed by atoms with van der Waals surface area (Å²) in [5, 5.41) is 0. The molecule has 0 aromatic rings. The predicted molar refractivity (Wildman–Crippen MR) is 53.3 cm³/mol. The van der Waals surface area contributed by atoms with Crippen LogP contribution in [0, 0.1) is 0 Å². The van der Waals surface area contributed by atoms with Gasteiger partial charge in [-0.05, 0) is 20.4 Å². The summed E-state index contributed by atoms with van der Waals surface area (Å²) in [6.07, 6.45) is 3.12. The van der Waals surface area contributed by atoms with Gasteiger partial charge in [0.1, 0.15) is 0 Å². The Morgan fingerprint density at radius 1 is 1.50 bits per heavy atom. The first kappa shape index (κ1) is 9.75. The standard InChI is InChI=1S/C10H20N2/c1-4-5-6-12-8-7-11(3)10(2)9-12/h4,10H,1,5-9H2,2-3H3. The molecule has 12 heavy (non-hydrogen) atoms. The van der Waals surface area contributed by atoms with Crippen molar-refractivity contribution in [1.29, 1.82) is 0 Å². The van der Waals surface area contributed by atoms with E-state index in [0.29, 0.717) is 6.04 Å². The smallest absolute Gasteiger partial charge is 0.0192 e. The average molecular weight is 168 g/mol. The molecule has 1 aliphatic rings. The molecule has 1 heterocycles. The third kappa shape index (κ3) is 2.61. The van der Waals surface area contributed by atoms with Crippen molar-refractivity contribution in [3.63, 3.8) is 0 Å². The van der Waals surface area contributed by atoms with E-state index in [1.165, 1.54) is 26.2 Å². The zero-order valence-corrected chi connectivity index (χ0v) is 8.29. The molecule has 2 nitrogen and oxygen atoms in total. The first-order chi connectivity index (χ1) is 5.74. The monoisotopic (exact) mass is 168 g/mol. The van der Waals surface area contributed by atoms with Gasteiger partial charge in [0.2, 0.25) is 0 Å². The molecule has 0 bridgehead atoms. The summed E-state index contributed by atoms with van der Waals surface area (Å²) in [7, 11) is 2.20. The van der Waals surface area contributed by atoms with Gasteiger partial charge in [-0.25, -0.2) is 0 Å². The van der Waals surface area contributed by atoms with Gasteiger partial charge in [0.05, 0.1) is 0 Å². The topological polar surface area (TPSA) is 6.48 Å². The van der Waals surface area contributed by atoms with Gasteiger partial charge in [0.15, 0.2) is 0 Å². The molecule has 0 radical (unpaired) electrons. The largest absolute Gasteiger partial charge is 0.301 e. The van der Waals surface area contributed by atoms with Crippen LogP contribution in [0.4, 0.5) is 0 Å². The van der Waals surface area contributed by atoms with Gasteiger partial charge < -0.3 is 9.80 Å². The summed E-state index contributed by atoms with van der Waals surface area (Å²) in [5.41, 5.74) is 0. The molecule has 0 aliphatic carbocycles. The highest BCUT2D eigenvalue weighted by molar-refractivity contribution is 4.78. The second-order valence-corrected chi connectivity index (χ2v) is 3.71. The molecular formula is C10H20N2. The van der Waals surface area contributed by atoms with Gasteiger partial charge in [0.25, 0.3) is 0 Å². The summed E-state index contributed by atoms with van der Waals surface area (Å²) in [4.78, 5) is 4.94. The van der Waals surface area contributed by atoms with Gasteiger partial charge in [-0.3, -0.25) is 0 Å². The summed E-state index contributed by atoms with van der Waals surface area (Å²) in [5.74, 6) is 0. The van der Waals surface area contributed by atoms with Crippen LogP contribution < -0.4 is 0 Å². The number of rotatable bonds is 3. The Labute approximate surface area is 75.8 Å². The van der Waals surface area contributed by atoms with Crippen molar-refractivity contribution in [1.82, 2.24) is 9.80 Å². The Kier molecular flexibility index (Phi) is 3.76. The molecule has 1 unspecified atom stereocenters. The van der Waals surface area contributed by atoms with E-state index in [9.17, 15) is 0 Å². The molecule has 2 heteroatoms. The number of nitrogens with zero attached hydrogens (tertiary/aromatic N) is 2. The summed E-state index contributed by atoms with van der Waals surface area (Å²) < 4.78 is 0. The first-order valence-corrected chi connectivity index (χ1v) is 4.77. The summed E-state index contributed by atoms with van der Waals surface area (Å²) in [6, 6.07) is 0.712. The second-order valence-electron chi connectivity index (χ2n) is 3.71. The zero-order chi connectivity index (χ0) is 8.97. The highest BCUT2D eigenvalue weighted by Crippen LogP contribution is 2.06. The molecule has 70 valence electrons. The third-order valence-corrected chi connectivity index (χ3v) is 2.69. The molecule has 0 aromatic heterocycles. The molecular weight excluding hydrogens is 148 g/mol. The van der Waals surface area contributed by atoms with Gasteiger partial charge >= 0.3 is 0 Å². The molecule has 1 rings (SSSR count). The number of hydrogen-bond donors (Lipinski definition) is 0. The van der Waals surface area contributed by atoms with Crippen molar-refractivity contribution >= 4 is 0 Å². The Morgan fingerprint density at radius 2 is 2.25 bits per heavy atom. The zero-order valence-electron chi connectivity index (χ0n) is 8.29. The second kappa shape index (κ2) is 4.63. The van der Waals surface area contributed by atoms with Gasteiger partial charge in [0, 0.05) is 32.2 Å². The minimum atomic E-state index is 0.712. The van der Waals surface area contributed by atoms with E-state index >= 15 is 0 Å². The van der Waals surface area contributed by atoms with Crippen molar-refractivity contribution in [2.45, 2.75) is 19.4 Å². The Morgan fingerprint density at radius 3 is 2.83 bits per heavy atom. The first-order valence-electron chi connectivity index (χ1n) is 4.77. The fourth-order valence-corrected chi connectivity index (χ4v) is 1.60. The third-order valence-electron chi connectivity index (χ3n) is 2.69. The lowest BCUT2D eigenvalue weighted by Crippen LogP contribution is -2.50. The number of piperazine rings is 1. The maximum absolute atomic E-state index is 3.74. The van der Waals surface area contributed by atoms with Crippen LogP contribution >= 0.6 is 0 Å². The minimum absolute atomic E-state index is 0.712. The van der Waals surface area contributed by atoms with Crippen molar-refractivity contribution in [2.24, 2.45) is 0 Å². The summed E-state index contributed by atoms with van der Waals surface area (Å²) >= 11 is 0. The molecule has 0 N–H and O–H groups in total. The molecule has 0 amide bonds. The lowest BCUT2D eigenvalue weighted by atomic mass is 10.2. The molecule has 1 aliphatic heterocycles. The van der Waals surface area contributed by atoms with Crippen LogP contribution in [-0.2, 0) is 0 Å². The highest BCUT2D eigenvalue weighted by atomic mass is 15.3. The Hall–Kier alpha value is -0.340. The van der Waals surface area contributed by atoms with E-state index in [-0.39, 0.29) is 0 Å². The van der Waals surface area contributed by atoms with Crippen LogP contribution in [0.5, 0.6) is 0 Å². The lowest BCUT2D eigenvalue weighted by Gasteiger charge is -2.37. The lowest BCUT2D eigenvalue weighted by molar-refractivity contribution is 0.107. The Bertz CT molecular complexity index is 145. The van der Waals surface area contributed by atoms with E-state index in [2.05, 4.69) is 30.4 Å². The van der Waals surface area contributed by atoms with Crippen LogP contribution in [0.2, 0.25) is 0 Å². The number of hydrogen-bond acceptors (Lipinski definition) is 2. The SMILES string of the molecule is C=CCCN1CCN(C)C(C)C1. The van der Waals surface area contributed by atoms with E-state index in [1.807, 2.05) is 6.08 Å². The summed E-state index contributed by atoms with van der Waals surface area (Å²) in [6.45, 7) is 10.9. The van der Waals surface area contributed by atoms with Crippen LogP contribution in [0.1, 0.15) is 13.3 Å². The van der Waals surface area contributed by atoms with Crippen LogP contribution in [0.25, 0.3) is 0 Å². The fourth-order valence-electron chi connectivity index (χ4n) is 1.60. The van der Waals surface area contributed by atoms with E-state index in [4.69, 9.17) is 0 Å². The Balaban J connectivity index is 2.25. The highest BCUT2D eigenvalue weighted by Gasteiger charge is 2.19. The van der Waals surface area contributed by atoms with Crippen molar-refractivity contribution < 1.29 is 0 Å². The maximum atomic E-state index is 3.74. The fraction of sp³-hybridized carbons (Fsp3) is 0.800. The molecule has 1 atom stereocenters. The van der Waals surface area contributed by atoms with Crippen molar-refractivity contribution in [3.05, 3.63) is 12.7 Å². The van der Waals surface area contributed by atoms with Crippen LogP contribution in [-0.4, -0.2) is 49.1 Å².